The highest BCUT2D eigenvalue weighted by Crippen LogP contribution is 2.27. The summed E-state index contributed by atoms with van der Waals surface area (Å²) in [5, 5.41) is 18.8. The monoisotopic (exact) mass is 439 g/mol. The highest BCUT2D eigenvalue weighted by molar-refractivity contribution is 5.72. The molecule has 1 amide bonds. The van der Waals surface area contributed by atoms with E-state index in [1.54, 1.807) is 6.20 Å². The molecule has 0 spiro atoms. The number of amides is 1. The molecule has 5 heterocycles. The summed E-state index contributed by atoms with van der Waals surface area (Å²) in [5.74, 6) is 1.59. The minimum atomic E-state index is -0.882. The molecule has 2 saturated heterocycles. The zero-order chi connectivity index (χ0) is 22.1. The fraction of sp³-hybridized carbons (Fsp3) is 0.429. The van der Waals surface area contributed by atoms with Crippen LogP contribution in [0.25, 0.3) is 16.9 Å². The van der Waals surface area contributed by atoms with Crippen molar-refractivity contribution in [1.82, 2.24) is 24.3 Å². The number of nitrogens with zero attached hydrogens (tertiary/aromatic N) is 7. The molecule has 5 rings (SSSR count). The van der Waals surface area contributed by atoms with Crippen molar-refractivity contribution in [1.29, 1.82) is 0 Å². The number of rotatable bonds is 4. The van der Waals surface area contributed by atoms with Gasteiger partial charge in [0.1, 0.15) is 5.82 Å². The summed E-state index contributed by atoms with van der Waals surface area (Å²) in [6, 6.07) is 3.92. The number of morpholine rings is 1. The average molecular weight is 439 g/mol. The van der Waals surface area contributed by atoms with Gasteiger partial charge in [-0.15, -0.1) is 0 Å². The summed E-state index contributed by atoms with van der Waals surface area (Å²) in [5.41, 5.74) is 2.99. The van der Waals surface area contributed by atoms with Gasteiger partial charge in [0.2, 0.25) is 0 Å². The normalized spacial score (nSPS) is 17.2. The van der Waals surface area contributed by atoms with Crippen LogP contribution < -0.4 is 9.80 Å². The smallest absolute Gasteiger partial charge is 0.407 e. The zero-order valence-corrected chi connectivity index (χ0v) is 17.6. The minimum absolute atomic E-state index is 0.150. The van der Waals surface area contributed by atoms with Crippen molar-refractivity contribution in [2.75, 3.05) is 62.3 Å². The van der Waals surface area contributed by atoms with Crippen LogP contribution >= 0.6 is 0 Å². The van der Waals surface area contributed by atoms with E-state index in [1.807, 2.05) is 28.9 Å². The molecule has 2 fully saturated rings. The van der Waals surface area contributed by atoms with Crippen LogP contribution in [0.2, 0.25) is 0 Å². The molecule has 168 valence electrons. The second-order valence-corrected chi connectivity index (χ2v) is 7.81. The third-order valence-electron chi connectivity index (χ3n) is 5.91. The Morgan fingerprint density at radius 3 is 2.44 bits per heavy atom. The number of anilines is 2. The molecule has 2 aliphatic rings. The van der Waals surface area contributed by atoms with E-state index < -0.39 is 6.09 Å². The maximum atomic E-state index is 11.1. The summed E-state index contributed by atoms with van der Waals surface area (Å²) in [6.07, 6.45) is 4.55. The van der Waals surface area contributed by atoms with Crippen molar-refractivity contribution in [3.63, 3.8) is 0 Å². The van der Waals surface area contributed by atoms with Crippen LogP contribution in [0.15, 0.2) is 30.7 Å². The van der Waals surface area contributed by atoms with Crippen LogP contribution in [0.3, 0.4) is 0 Å². The molecule has 3 aromatic rings. The Bertz CT molecular complexity index is 1100. The second kappa shape index (κ2) is 8.60. The number of hydrogen-bond donors (Lipinski definition) is 2. The predicted molar refractivity (Wildman–Crippen MR) is 117 cm³/mol. The molecule has 11 nitrogen and oxygen atoms in total. The first-order valence-electron chi connectivity index (χ1n) is 10.6. The molecule has 0 bridgehead atoms. The molecule has 0 radical (unpaired) electrons. The number of aromatic nitrogens is 4. The lowest BCUT2D eigenvalue weighted by Gasteiger charge is -2.33. The lowest BCUT2D eigenvalue weighted by molar-refractivity contribution is 0.122. The number of piperazine rings is 1. The maximum Gasteiger partial charge on any atom is 0.407 e. The number of imidazole rings is 1. The lowest BCUT2D eigenvalue weighted by Crippen LogP contribution is -2.48. The molecular formula is C21H25N7O4. The van der Waals surface area contributed by atoms with Crippen LogP contribution in [-0.2, 0) is 11.3 Å². The number of carboxylic acid groups (broad SMARTS) is 1. The first-order valence-corrected chi connectivity index (χ1v) is 10.6. The zero-order valence-electron chi connectivity index (χ0n) is 17.6. The van der Waals surface area contributed by atoms with Crippen LogP contribution in [-0.4, -0.2) is 93.0 Å². The second-order valence-electron chi connectivity index (χ2n) is 7.81. The Hall–Kier alpha value is -3.44. The summed E-state index contributed by atoms with van der Waals surface area (Å²) >= 11 is 0. The standard InChI is InChI=1S/C21H25N7O4/c29-14-16-13-28-17(12-23-19(20(28)24-16)26-7-9-32-10-8-26)15-1-2-18(22-11-15)25-3-5-27(6-4-25)21(30)31/h1-2,11-13,29H,3-10,14H2,(H,30,31). The van der Waals surface area contributed by atoms with Gasteiger partial charge in [0.15, 0.2) is 11.5 Å². The van der Waals surface area contributed by atoms with Crippen LogP contribution in [0, 0.1) is 0 Å². The quantitative estimate of drug-likeness (QED) is 0.611. The summed E-state index contributed by atoms with van der Waals surface area (Å²) in [6.45, 7) is 4.79. The molecule has 2 aliphatic heterocycles. The number of aliphatic hydroxyl groups excluding tert-OH is 1. The highest BCUT2D eigenvalue weighted by atomic mass is 16.5. The van der Waals surface area contributed by atoms with E-state index in [4.69, 9.17) is 14.8 Å². The highest BCUT2D eigenvalue weighted by Gasteiger charge is 2.22. The van der Waals surface area contributed by atoms with Crippen molar-refractivity contribution < 1.29 is 19.7 Å². The van der Waals surface area contributed by atoms with E-state index in [2.05, 4.69) is 19.8 Å². The molecule has 3 aromatic heterocycles. The predicted octanol–water partition coefficient (Wildman–Crippen LogP) is 0.920. The van der Waals surface area contributed by atoms with Gasteiger partial charge >= 0.3 is 6.09 Å². The Morgan fingerprint density at radius 1 is 1.00 bits per heavy atom. The lowest BCUT2D eigenvalue weighted by atomic mass is 10.2. The molecule has 0 aromatic carbocycles. The van der Waals surface area contributed by atoms with Gasteiger partial charge in [-0.1, -0.05) is 0 Å². The Labute approximate surface area is 184 Å². The van der Waals surface area contributed by atoms with Crippen LogP contribution in [0.1, 0.15) is 5.69 Å². The van der Waals surface area contributed by atoms with E-state index in [9.17, 15) is 9.90 Å². The summed E-state index contributed by atoms with van der Waals surface area (Å²) < 4.78 is 7.40. The topological polar surface area (TPSA) is 120 Å². The molecule has 0 aliphatic carbocycles. The van der Waals surface area contributed by atoms with Gasteiger partial charge in [-0.05, 0) is 12.1 Å². The number of carbonyl (C=O) groups is 1. The first kappa shape index (κ1) is 20.5. The number of hydrogen-bond acceptors (Lipinski definition) is 8. The molecule has 2 N–H and O–H groups in total. The van der Waals surface area contributed by atoms with Gasteiger partial charge in [-0.2, -0.15) is 0 Å². The fourth-order valence-corrected chi connectivity index (χ4v) is 4.15. The van der Waals surface area contributed by atoms with E-state index in [0.717, 1.165) is 36.0 Å². The van der Waals surface area contributed by atoms with E-state index in [1.165, 1.54) is 4.90 Å². The van der Waals surface area contributed by atoms with Crippen molar-refractivity contribution in [3.05, 3.63) is 36.4 Å². The fourth-order valence-electron chi connectivity index (χ4n) is 4.15. The molecule has 0 saturated carbocycles. The largest absolute Gasteiger partial charge is 0.465 e. The third kappa shape index (κ3) is 3.80. The van der Waals surface area contributed by atoms with Gasteiger partial charge in [0.05, 0.1) is 37.4 Å². The minimum Gasteiger partial charge on any atom is -0.465 e. The van der Waals surface area contributed by atoms with Crippen molar-refractivity contribution in [3.8, 4) is 11.3 Å². The van der Waals surface area contributed by atoms with Crippen LogP contribution in [0.4, 0.5) is 16.4 Å². The molecule has 11 heteroatoms. The molecule has 0 atom stereocenters. The van der Waals surface area contributed by atoms with Crippen molar-refractivity contribution in [2.24, 2.45) is 0 Å². The van der Waals surface area contributed by atoms with Gasteiger partial charge in [-0.3, -0.25) is 4.40 Å². The van der Waals surface area contributed by atoms with Crippen molar-refractivity contribution >= 4 is 23.4 Å². The van der Waals surface area contributed by atoms with Gasteiger partial charge < -0.3 is 29.6 Å². The van der Waals surface area contributed by atoms with E-state index in [0.29, 0.717) is 50.7 Å². The molecule has 32 heavy (non-hydrogen) atoms. The van der Waals surface area contributed by atoms with Gasteiger partial charge in [0, 0.05) is 57.2 Å². The van der Waals surface area contributed by atoms with E-state index >= 15 is 0 Å². The Balaban J connectivity index is 1.43. The third-order valence-corrected chi connectivity index (χ3v) is 5.91. The van der Waals surface area contributed by atoms with Gasteiger partial charge in [0.25, 0.3) is 0 Å². The molecule has 0 unspecified atom stereocenters. The van der Waals surface area contributed by atoms with Crippen LogP contribution in [0.5, 0.6) is 0 Å². The van der Waals surface area contributed by atoms with Gasteiger partial charge in [-0.25, -0.2) is 19.7 Å². The Morgan fingerprint density at radius 2 is 1.78 bits per heavy atom. The summed E-state index contributed by atoms with van der Waals surface area (Å²) in [4.78, 5) is 30.7. The average Bonchev–Trinajstić information content (AvgIpc) is 3.29. The van der Waals surface area contributed by atoms with Crippen molar-refractivity contribution in [2.45, 2.75) is 6.61 Å². The van der Waals surface area contributed by atoms with E-state index in [-0.39, 0.29) is 6.61 Å². The SMILES string of the molecule is O=C(O)N1CCN(c2ccc(-c3cnc(N4CCOCC4)c4nc(CO)cn34)cn2)CC1. The maximum absolute atomic E-state index is 11.1. The number of pyridine rings is 1. The summed E-state index contributed by atoms with van der Waals surface area (Å²) in [7, 11) is 0. The molecular weight excluding hydrogens is 414 g/mol. The number of ether oxygens (including phenoxy) is 1. The first-order chi connectivity index (χ1) is 15.6. The Kier molecular flexibility index (Phi) is 5.50. The number of fused-ring (bicyclic) bond motifs is 1. The number of aliphatic hydroxyl groups is 1.